The maximum Gasteiger partial charge on any atom is 0.471 e. The summed E-state index contributed by atoms with van der Waals surface area (Å²) >= 11 is 0. The molecule has 1 saturated heterocycles. The Morgan fingerprint density at radius 1 is 1.53 bits per heavy atom. The van der Waals surface area contributed by atoms with Crippen LogP contribution in [-0.2, 0) is 4.79 Å². The van der Waals surface area contributed by atoms with E-state index in [0.29, 0.717) is 6.04 Å². The van der Waals surface area contributed by atoms with Gasteiger partial charge in [-0.05, 0) is 32.2 Å². The van der Waals surface area contributed by atoms with E-state index in [1.807, 2.05) is 12.2 Å². The summed E-state index contributed by atoms with van der Waals surface area (Å²) < 4.78 is 35.6. The molecule has 6 heteroatoms. The second kappa shape index (κ2) is 4.83. The molecule has 0 radical (unpaired) electrons. The van der Waals surface area contributed by atoms with E-state index in [1.165, 1.54) is 0 Å². The zero-order valence-corrected chi connectivity index (χ0v) is 8.53. The molecule has 2 atom stereocenters. The van der Waals surface area contributed by atoms with Gasteiger partial charge in [0.25, 0.3) is 0 Å². The highest BCUT2D eigenvalue weighted by atomic mass is 19.4. The first-order chi connectivity index (χ1) is 6.89. The van der Waals surface area contributed by atoms with Gasteiger partial charge >= 0.3 is 12.1 Å². The van der Waals surface area contributed by atoms with Crippen LogP contribution in [0.5, 0.6) is 0 Å². The molecule has 0 bridgehead atoms. The van der Waals surface area contributed by atoms with Gasteiger partial charge in [0.15, 0.2) is 0 Å². The van der Waals surface area contributed by atoms with E-state index in [2.05, 4.69) is 5.32 Å². The number of carbonyl (C=O) groups is 1. The van der Waals surface area contributed by atoms with Gasteiger partial charge in [-0.3, -0.25) is 4.79 Å². The predicted octanol–water partition coefficient (Wildman–Crippen LogP) is 1.05. The van der Waals surface area contributed by atoms with Crippen molar-refractivity contribution in [1.29, 1.82) is 0 Å². The quantitative estimate of drug-likeness (QED) is 0.736. The summed E-state index contributed by atoms with van der Waals surface area (Å²) in [7, 11) is 0. The van der Waals surface area contributed by atoms with Gasteiger partial charge in [-0.2, -0.15) is 13.2 Å². The smallest absolute Gasteiger partial charge is 0.348 e. The van der Waals surface area contributed by atoms with E-state index in [4.69, 9.17) is 0 Å². The third-order valence-electron chi connectivity index (χ3n) is 2.54. The Kier molecular flexibility index (Phi) is 3.96. The summed E-state index contributed by atoms with van der Waals surface area (Å²) in [5.41, 5.74) is 0. The molecule has 1 fully saturated rings. The fourth-order valence-electron chi connectivity index (χ4n) is 1.76. The Labute approximate surface area is 86.4 Å². The van der Waals surface area contributed by atoms with Crippen LogP contribution < -0.4 is 10.6 Å². The van der Waals surface area contributed by atoms with Gasteiger partial charge in [0.05, 0.1) is 0 Å². The van der Waals surface area contributed by atoms with E-state index < -0.39 is 12.1 Å². The molecule has 1 aliphatic heterocycles. The van der Waals surface area contributed by atoms with Gasteiger partial charge < -0.3 is 10.6 Å². The predicted molar refractivity (Wildman–Crippen MR) is 49.3 cm³/mol. The van der Waals surface area contributed by atoms with Crippen LogP contribution in [0.3, 0.4) is 0 Å². The van der Waals surface area contributed by atoms with Crippen LogP contribution in [0.4, 0.5) is 13.2 Å². The second-order valence-electron chi connectivity index (χ2n) is 3.95. The molecule has 88 valence electrons. The molecule has 2 N–H and O–H groups in total. The van der Waals surface area contributed by atoms with Gasteiger partial charge in [0, 0.05) is 12.6 Å². The first kappa shape index (κ1) is 12.3. The van der Waals surface area contributed by atoms with Crippen molar-refractivity contribution in [3.63, 3.8) is 0 Å². The molecule has 0 saturated carbocycles. The molecule has 3 nitrogen and oxygen atoms in total. The molecule has 1 amide bonds. The van der Waals surface area contributed by atoms with Crippen LogP contribution in [0, 0.1) is 5.92 Å². The van der Waals surface area contributed by atoms with E-state index in [-0.39, 0.29) is 12.5 Å². The van der Waals surface area contributed by atoms with Gasteiger partial charge in [0.1, 0.15) is 0 Å². The number of amides is 1. The summed E-state index contributed by atoms with van der Waals surface area (Å²) in [6.07, 6.45) is -3.15. The molecule has 0 aromatic carbocycles. The Bertz CT molecular complexity index is 230. The first-order valence-electron chi connectivity index (χ1n) is 4.98. The minimum Gasteiger partial charge on any atom is -0.348 e. The Morgan fingerprint density at radius 3 is 2.73 bits per heavy atom. The standard InChI is InChI=1S/C9H15F3N2O/c1-6-4-7(2-3-13-6)5-14-8(15)9(10,11)12/h6-7,13H,2-5H2,1H3,(H,14,15). The monoisotopic (exact) mass is 224 g/mol. The van der Waals surface area contributed by atoms with E-state index in [0.717, 1.165) is 19.4 Å². The lowest BCUT2D eigenvalue weighted by Crippen LogP contribution is -2.43. The summed E-state index contributed by atoms with van der Waals surface area (Å²) in [4.78, 5) is 10.5. The van der Waals surface area contributed by atoms with Crippen molar-refractivity contribution in [2.24, 2.45) is 5.92 Å². The van der Waals surface area contributed by atoms with Crippen LogP contribution in [-0.4, -0.2) is 31.2 Å². The highest BCUT2D eigenvalue weighted by molar-refractivity contribution is 5.81. The van der Waals surface area contributed by atoms with Crippen LogP contribution >= 0.6 is 0 Å². The molecule has 15 heavy (non-hydrogen) atoms. The number of carbonyl (C=O) groups excluding carboxylic acids is 1. The molecule has 0 aromatic rings. The Morgan fingerprint density at radius 2 is 2.20 bits per heavy atom. The average Bonchev–Trinajstić information content (AvgIpc) is 2.12. The number of halogens is 3. The van der Waals surface area contributed by atoms with Crippen molar-refractivity contribution >= 4 is 5.91 Å². The third kappa shape index (κ3) is 4.07. The number of hydrogen-bond acceptors (Lipinski definition) is 2. The van der Waals surface area contributed by atoms with Crippen molar-refractivity contribution < 1.29 is 18.0 Å². The maximum absolute atomic E-state index is 11.9. The number of nitrogens with one attached hydrogen (secondary N) is 2. The number of rotatable bonds is 2. The van der Waals surface area contributed by atoms with Gasteiger partial charge in [-0.25, -0.2) is 0 Å². The van der Waals surface area contributed by atoms with E-state index in [9.17, 15) is 18.0 Å². The van der Waals surface area contributed by atoms with E-state index >= 15 is 0 Å². The average molecular weight is 224 g/mol. The fraction of sp³-hybridized carbons (Fsp3) is 0.889. The lowest BCUT2D eigenvalue weighted by Gasteiger charge is -2.28. The lowest BCUT2D eigenvalue weighted by molar-refractivity contribution is -0.173. The molecule has 2 unspecified atom stereocenters. The second-order valence-corrected chi connectivity index (χ2v) is 3.95. The van der Waals surface area contributed by atoms with Crippen molar-refractivity contribution in [3.8, 4) is 0 Å². The Balaban J connectivity index is 2.28. The first-order valence-corrected chi connectivity index (χ1v) is 4.98. The summed E-state index contributed by atoms with van der Waals surface area (Å²) in [6.45, 7) is 2.90. The summed E-state index contributed by atoms with van der Waals surface area (Å²) in [6, 6.07) is 0.312. The molecule has 0 aliphatic carbocycles. The van der Waals surface area contributed by atoms with Crippen molar-refractivity contribution in [2.45, 2.75) is 32.0 Å². The minimum atomic E-state index is -4.77. The van der Waals surface area contributed by atoms with Crippen LogP contribution in [0.15, 0.2) is 0 Å². The zero-order valence-electron chi connectivity index (χ0n) is 8.53. The van der Waals surface area contributed by atoms with Gasteiger partial charge in [-0.15, -0.1) is 0 Å². The van der Waals surface area contributed by atoms with Crippen molar-refractivity contribution in [3.05, 3.63) is 0 Å². The molecule has 0 spiro atoms. The highest BCUT2D eigenvalue weighted by Gasteiger charge is 2.38. The summed E-state index contributed by atoms with van der Waals surface area (Å²) in [5, 5.41) is 5.12. The third-order valence-corrected chi connectivity index (χ3v) is 2.54. The van der Waals surface area contributed by atoms with Crippen LogP contribution in [0.1, 0.15) is 19.8 Å². The lowest BCUT2D eigenvalue weighted by atomic mass is 9.93. The number of piperidine rings is 1. The SMILES string of the molecule is CC1CC(CNC(=O)C(F)(F)F)CCN1. The topological polar surface area (TPSA) is 41.1 Å². The van der Waals surface area contributed by atoms with Crippen LogP contribution in [0.25, 0.3) is 0 Å². The molecule has 1 rings (SSSR count). The van der Waals surface area contributed by atoms with Crippen molar-refractivity contribution in [1.82, 2.24) is 10.6 Å². The van der Waals surface area contributed by atoms with E-state index in [1.54, 1.807) is 0 Å². The zero-order chi connectivity index (χ0) is 11.5. The minimum absolute atomic E-state index is 0.115. The van der Waals surface area contributed by atoms with Gasteiger partial charge in [-0.1, -0.05) is 0 Å². The fourth-order valence-corrected chi connectivity index (χ4v) is 1.76. The molecule has 0 aromatic heterocycles. The normalized spacial score (nSPS) is 27.5. The Hall–Kier alpha value is -0.780. The van der Waals surface area contributed by atoms with Crippen LogP contribution in [0.2, 0.25) is 0 Å². The maximum atomic E-state index is 11.9. The highest BCUT2D eigenvalue weighted by Crippen LogP contribution is 2.17. The summed E-state index contributed by atoms with van der Waals surface area (Å²) in [5.74, 6) is -1.69. The molecule has 1 aliphatic rings. The van der Waals surface area contributed by atoms with Gasteiger partial charge in [0.2, 0.25) is 0 Å². The molecular weight excluding hydrogens is 209 g/mol. The largest absolute Gasteiger partial charge is 0.471 e. The number of alkyl halides is 3. The molecular formula is C9H15F3N2O. The number of hydrogen-bond donors (Lipinski definition) is 2. The van der Waals surface area contributed by atoms with Crippen molar-refractivity contribution in [2.75, 3.05) is 13.1 Å². The molecule has 1 heterocycles.